The third-order valence-corrected chi connectivity index (χ3v) is 7.00. The summed E-state index contributed by atoms with van der Waals surface area (Å²) in [5.41, 5.74) is 2.35. The van der Waals surface area contributed by atoms with Crippen LogP contribution in [0.2, 0.25) is 0 Å². The SMILES string of the molecule is COCC1(O)CCC2C1=CC1C(=C(C(C)C)C(O)C1C)CC(O)C2C. The van der Waals surface area contributed by atoms with Gasteiger partial charge in [-0.3, -0.25) is 0 Å². The van der Waals surface area contributed by atoms with Crippen molar-refractivity contribution in [1.29, 1.82) is 0 Å². The van der Waals surface area contributed by atoms with Gasteiger partial charge in [0.25, 0.3) is 0 Å². The highest BCUT2D eigenvalue weighted by Gasteiger charge is 2.49. The molecule has 3 aliphatic rings. The van der Waals surface area contributed by atoms with Gasteiger partial charge in [0, 0.05) is 13.0 Å². The molecule has 25 heavy (non-hydrogen) atoms. The minimum atomic E-state index is -0.943. The van der Waals surface area contributed by atoms with Crippen LogP contribution in [0.25, 0.3) is 0 Å². The molecule has 0 spiro atoms. The number of ether oxygens (including phenoxy) is 1. The Hall–Kier alpha value is -0.680. The molecule has 0 bridgehead atoms. The van der Waals surface area contributed by atoms with Crippen LogP contribution in [0, 0.1) is 29.6 Å². The number of hydrogen-bond donors (Lipinski definition) is 3. The summed E-state index contributed by atoms with van der Waals surface area (Å²) < 4.78 is 5.32. The molecule has 0 radical (unpaired) electrons. The lowest BCUT2D eigenvalue weighted by Crippen LogP contribution is -2.37. The standard InChI is InChI=1S/C21H34O4/c1-11(2)19-16-9-18(22)12(3)14-6-7-21(24,10-25-5)17(14)8-15(16)13(4)20(19)23/h8,11-15,18,20,22-24H,6-7,9-10H2,1-5H3. The van der Waals surface area contributed by atoms with Crippen molar-refractivity contribution in [3.8, 4) is 0 Å². The second-order valence-electron chi connectivity index (χ2n) is 8.83. The molecule has 3 aliphatic carbocycles. The van der Waals surface area contributed by atoms with Crippen molar-refractivity contribution in [3.05, 3.63) is 22.8 Å². The Morgan fingerprint density at radius 1 is 1.24 bits per heavy atom. The molecule has 3 rings (SSSR count). The van der Waals surface area contributed by atoms with E-state index in [0.717, 1.165) is 17.6 Å². The topological polar surface area (TPSA) is 69.9 Å². The normalized spacial score (nSPS) is 44.4. The van der Waals surface area contributed by atoms with E-state index in [-0.39, 0.29) is 36.2 Å². The number of rotatable bonds is 3. The minimum Gasteiger partial charge on any atom is -0.392 e. The van der Waals surface area contributed by atoms with Gasteiger partial charge in [-0.1, -0.05) is 39.3 Å². The molecule has 142 valence electrons. The first-order valence-corrected chi connectivity index (χ1v) is 9.73. The van der Waals surface area contributed by atoms with Crippen LogP contribution in [0.1, 0.15) is 47.0 Å². The summed E-state index contributed by atoms with van der Waals surface area (Å²) in [5, 5.41) is 32.9. The van der Waals surface area contributed by atoms with E-state index in [1.54, 1.807) is 7.11 Å². The molecule has 0 amide bonds. The number of fused-ring (bicyclic) bond motifs is 2. The third kappa shape index (κ3) is 3.01. The Morgan fingerprint density at radius 2 is 1.92 bits per heavy atom. The van der Waals surface area contributed by atoms with Crippen molar-refractivity contribution >= 4 is 0 Å². The van der Waals surface area contributed by atoms with Crippen LogP contribution < -0.4 is 0 Å². The second kappa shape index (κ2) is 6.80. The Balaban J connectivity index is 2.13. The number of allylic oxidation sites excluding steroid dienone is 1. The first-order chi connectivity index (χ1) is 11.7. The quantitative estimate of drug-likeness (QED) is 0.685. The summed E-state index contributed by atoms with van der Waals surface area (Å²) in [7, 11) is 1.62. The van der Waals surface area contributed by atoms with Crippen LogP contribution in [-0.4, -0.2) is 46.8 Å². The lowest BCUT2D eigenvalue weighted by atomic mass is 9.74. The predicted molar refractivity (Wildman–Crippen MR) is 97.9 cm³/mol. The van der Waals surface area contributed by atoms with E-state index in [2.05, 4.69) is 33.8 Å². The first kappa shape index (κ1) is 19.1. The van der Waals surface area contributed by atoms with Crippen molar-refractivity contribution in [2.45, 2.75) is 64.8 Å². The molecule has 4 heteroatoms. The lowest BCUT2D eigenvalue weighted by molar-refractivity contribution is -0.000863. The van der Waals surface area contributed by atoms with Gasteiger partial charge >= 0.3 is 0 Å². The molecule has 0 saturated heterocycles. The Kier molecular flexibility index (Phi) is 5.20. The van der Waals surface area contributed by atoms with Gasteiger partial charge in [0.2, 0.25) is 0 Å². The highest BCUT2D eigenvalue weighted by atomic mass is 16.5. The number of hydrogen-bond acceptors (Lipinski definition) is 4. The second-order valence-corrected chi connectivity index (χ2v) is 8.83. The average molecular weight is 350 g/mol. The fraction of sp³-hybridized carbons (Fsp3) is 0.810. The molecular weight excluding hydrogens is 316 g/mol. The fourth-order valence-corrected chi connectivity index (χ4v) is 5.53. The van der Waals surface area contributed by atoms with Crippen LogP contribution in [0.15, 0.2) is 22.8 Å². The third-order valence-electron chi connectivity index (χ3n) is 7.00. The molecule has 7 atom stereocenters. The van der Waals surface area contributed by atoms with E-state index < -0.39 is 17.8 Å². The summed E-state index contributed by atoms with van der Waals surface area (Å²) in [6.07, 6.45) is 3.49. The number of aliphatic hydroxyl groups is 3. The summed E-state index contributed by atoms with van der Waals surface area (Å²) >= 11 is 0. The zero-order chi connectivity index (χ0) is 18.5. The van der Waals surface area contributed by atoms with Crippen molar-refractivity contribution in [1.82, 2.24) is 0 Å². The van der Waals surface area contributed by atoms with Gasteiger partial charge < -0.3 is 20.1 Å². The van der Waals surface area contributed by atoms with Gasteiger partial charge in [-0.2, -0.15) is 0 Å². The van der Waals surface area contributed by atoms with E-state index in [1.165, 1.54) is 5.57 Å². The van der Waals surface area contributed by atoms with Crippen molar-refractivity contribution in [3.63, 3.8) is 0 Å². The molecule has 3 N–H and O–H groups in total. The lowest BCUT2D eigenvalue weighted by Gasteiger charge is -2.35. The van der Waals surface area contributed by atoms with Crippen LogP contribution in [-0.2, 0) is 4.74 Å². The molecule has 0 aromatic rings. The van der Waals surface area contributed by atoms with Crippen molar-refractivity contribution < 1.29 is 20.1 Å². The molecular formula is C21H34O4. The maximum atomic E-state index is 11.2. The maximum Gasteiger partial charge on any atom is 0.109 e. The Labute approximate surface area is 151 Å². The number of aliphatic hydroxyl groups excluding tert-OH is 2. The van der Waals surface area contributed by atoms with Crippen LogP contribution in [0.5, 0.6) is 0 Å². The monoisotopic (exact) mass is 350 g/mol. The van der Waals surface area contributed by atoms with E-state index in [0.29, 0.717) is 12.8 Å². The van der Waals surface area contributed by atoms with Gasteiger partial charge in [-0.25, -0.2) is 0 Å². The van der Waals surface area contributed by atoms with Gasteiger partial charge in [0.15, 0.2) is 0 Å². The van der Waals surface area contributed by atoms with Crippen molar-refractivity contribution in [2.24, 2.45) is 29.6 Å². The zero-order valence-electron chi connectivity index (χ0n) is 16.2. The first-order valence-electron chi connectivity index (χ1n) is 9.73. The largest absolute Gasteiger partial charge is 0.392 e. The van der Waals surface area contributed by atoms with E-state index in [4.69, 9.17) is 4.74 Å². The molecule has 0 aliphatic heterocycles. The molecule has 0 heterocycles. The minimum absolute atomic E-state index is 0.0774. The Bertz CT molecular complexity index is 578. The summed E-state index contributed by atoms with van der Waals surface area (Å²) in [4.78, 5) is 0. The molecule has 4 nitrogen and oxygen atoms in total. The van der Waals surface area contributed by atoms with E-state index in [1.807, 2.05) is 0 Å². The van der Waals surface area contributed by atoms with E-state index >= 15 is 0 Å². The zero-order valence-corrected chi connectivity index (χ0v) is 16.2. The molecule has 0 aromatic carbocycles. The predicted octanol–water partition coefficient (Wildman–Crippen LogP) is 2.68. The summed E-state index contributed by atoms with van der Waals surface area (Å²) in [6, 6.07) is 0. The molecule has 1 fully saturated rings. The van der Waals surface area contributed by atoms with Gasteiger partial charge in [-0.15, -0.1) is 0 Å². The van der Waals surface area contributed by atoms with Crippen LogP contribution in [0.4, 0.5) is 0 Å². The van der Waals surface area contributed by atoms with Gasteiger partial charge in [0.1, 0.15) is 5.60 Å². The van der Waals surface area contributed by atoms with E-state index in [9.17, 15) is 15.3 Å². The summed E-state index contributed by atoms with van der Waals surface area (Å²) in [5.74, 6) is 0.702. The molecule has 1 saturated carbocycles. The Morgan fingerprint density at radius 3 is 2.52 bits per heavy atom. The van der Waals surface area contributed by atoms with Crippen LogP contribution in [0.3, 0.4) is 0 Å². The number of methoxy groups -OCH3 is 1. The van der Waals surface area contributed by atoms with Gasteiger partial charge in [-0.05, 0) is 54.1 Å². The fourth-order valence-electron chi connectivity index (χ4n) is 5.53. The van der Waals surface area contributed by atoms with Crippen LogP contribution >= 0.6 is 0 Å². The van der Waals surface area contributed by atoms with Gasteiger partial charge in [0.05, 0.1) is 18.8 Å². The summed E-state index contributed by atoms with van der Waals surface area (Å²) in [6.45, 7) is 8.69. The highest BCUT2D eigenvalue weighted by molar-refractivity contribution is 5.39. The average Bonchev–Trinajstić information content (AvgIpc) is 2.96. The molecule has 0 aromatic heterocycles. The molecule has 7 unspecified atom stereocenters. The smallest absolute Gasteiger partial charge is 0.109 e. The highest BCUT2D eigenvalue weighted by Crippen LogP contribution is 2.52. The van der Waals surface area contributed by atoms with Crippen molar-refractivity contribution in [2.75, 3.05) is 13.7 Å². The maximum absolute atomic E-state index is 11.2.